The molecule has 1 saturated heterocycles. The molecular formula is C20H31NO5. The zero-order chi connectivity index (χ0) is 19.5. The van der Waals surface area contributed by atoms with E-state index in [1.54, 1.807) is 14.2 Å². The predicted octanol–water partition coefficient (Wildman–Crippen LogP) is 2.80. The summed E-state index contributed by atoms with van der Waals surface area (Å²) < 4.78 is 11.2. The van der Waals surface area contributed by atoms with Crippen molar-refractivity contribution in [2.45, 2.75) is 57.5 Å². The molecule has 6 nitrogen and oxygen atoms in total. The molecule has 1 fully saturated rings. The van der Waals surface area contributed by atoms with E-state index in [2.05, 4.69) is 20.8 Å². The average Bonchev–Trinajstić information content (AvgIpc) is 2.61. The molecule has 0 radical (unpaired) electrons. The molecule has 0 bridgehead atoms. The number of aliphatic hydroxyl groups excluding tert-OH is 1. The Morgan fingerprint density at radius 2 is 1.77 bits per heavy atom. The predicted molar refractivity (Wildman–Crippen MR) is 100.0 cm³/mol. The van der Waals surface area contributed by atoms with Crippen molar-refractivity contribution in [3.8, 4) is 11.5 Å². The SMILES string of the molecule is COc1cc(C(C)(C)C)cc(OC)c1CN1CCCCC1(CO)C(=O)O. The number of hydrogen-bond acceptors (Lipinski definition) is 5. The number of carboxylic acid groups (broad SMARTS) is 1. The summed E-state index contributed by atoms with van der Waals surface area (Å²) in [4.78, 5) is 13.8. The number of carbonyl (C=O) groups is 1. The molecule has 0 aliphatic carbocycles. The molecule has 6 heteroatoms. The van der Waals surface area contributed by atoms with Crippen LogP contribution in [0.3, 0.4) is 0 Å². The number of rotatable bonds is 6. The molecule has 0 saturated carbocycles. The molecule has 0 spiro atoms. The lowest BCUT2D eigenvalue weighted by atomic mass is 9.84. The van der Waals surface area contributed by atoms with Gasteiger partial charge in [-0.25, -0.2) is 0 Å². The first kappa shape index (κ1) is 20.5. The van der Waals surface area contributed by atoms with Crippen molar-refractivity contribution in [2.75, 3.05) is 27.4 Å². The second-order valence-corrected chi connectivity index (χ2v) is 7.98. The van der Waals surface area contributed by atoms with Crippen molar-refractivity contribution in [1.82, 2.24) is 4.90 Å². The van der Waals surface area contributed by atoms with Gasteiger partial charge in [0, 0.05) is 6.54 Å². The Kier molecular flexibility index (Phi) is 6.19. The number of nitrogens with zero attached hydrogens (tertiary/aromatic N) is 1. The van der Waals surface area contributed by atoms with Gasteiger partial charge in [0.25, 0.3) is 0 Å². The fourth-order valence-corrected chi connectivity index (χ4v) is 3.58. The van der Waals surface area contributed by atoms with Gasteiger partial charge < -0.3 is 19.7 Å². The summed E-state index contributed by atoms with van der Waals surface area (Å²) >= 11 is 0. The van der Waals surface area contributed by atoms with Gasteiger partial charge in [0.15, 0.2) is 0 Å². The molecule has 1 atom stereocenters. The molecule has 2 N–H and O–H groups in total. The third-order valence-electron chi connectivity index (χ3n) is 5.36. The second-order valence-electron chi connectivity index (χ2n) is 7.98. The van der Waals surface area contributed by atoms with E-state index in [1.165, 1.54) is 0 Å². The van der Waals surface area contributed by atoms with Crippen LogP contribution in [0, 0.1) is 0 Å². The largest absolute Gasteiger partial charge is 0.496 e. The Labute approximate surface area is 155 Å². The summed E-state index contributed by atoms with van der Waals surface area (Å²) in [6, 6.07) is 3.98. The van der Waals surface area contributed by atoms with E-state index in [4.69, 9.17) is 9.47 Å². The van der Waals surface area contributed by atoms with E-state index in [0.29, 0.717) is 31.0 Å². The molecule has 1 heterocycles. The smallest absolute Gasteiger partial charge is 0.326 e. The number of aliphatic carboxylic acids is 1. The van der Waals surface area contributed by atoms with Crippen LogP contribution in [0.5, 0.6) is 11.5 Å². The first-order chi connectivity index (χ1) is 12.2. The average molecular weight is 365 g/mol. The van der Waals surface area contributed by atoms with Crippen molar-refractivity contribution in [2.24, 2.45) is 0 Å². The lowest BCUT2D eigenvalue weighted by Gasteiger charge is -2.43. The minimum atomic E-state index is -1.25. The zero-order valence-corrected chi connectivity index (χ0v) is 16.5. The highest BCUT2D eigenvalue weighted by Crippen LogP contribution is 2.39. The van der Waals surface area contributed by atoms with Crippen molar-refractivity contribution in [1.29, 1.82) is 0 Å². The number of hydrogen-bond donors (Lipinski definition) is 2. The first-order valence-electron chi connectivity index (χ1n) is 9.04. The summed E-state index contributed by atoms with van der Waals surface area (Å²) in [7, 11) is 3.22. The van der Waals surface area contributed by atoms with Crippen molar-refractivity contribution in [3.63, 3.8) is 0 Å². The van der Waals surface area contributed by atoms with E-state index in [1.807, 2.05) is 17.0 Å². The standard InChI is InChI=1S/C20H31NO5/c1-19(2,3)14-10-16(25-4)15(17(11-14)26-5)12-21-9-7-6-8-20(21,13-22)18(23)24/h10-11,22H,6-9,12-13H2,1-5H3,(H,23,24). The lowest BCUT2D eigenvalue weighted by molar-refractivity contribution is -0.158. The maximum absolute atomic E-state index is 11.9. The van der Waals surface area contributed by atoms with Crippen LogP contribution in [0.2, 0.25) is 0 Å². The minimum Gasteiger partial charge on any atom is -0.496 e. The van der Waals surface area contributed by atoms with E-state index >= 15 is 0 Å². The van der Waals surface area contributed by atoms with Gasteiger partial charge in [0.2, 0.25) is 0 Å². The fraction of sp³-hybridized carbons (Fsp3) is 0.650. The topological polar surface area (TPSA) is 79.2 Å². The normalized spacial score (nSPS) is 21.5. The molecule has 2 rings (SSSR count). The molecule has 146 valence electrons. The third kappa shape index (κ3) is 3.81. The molecule has 1 aliphatic rings. The van der Waals surface area contributed by atoms with Gasteiger partial charge in [0.05, 0.1) is 26.4 Å². The van der Waals surface area contributed by atoms with E-state index in [0.717, 1.165) is 24.0 Å². The van der Waals surface area contributed by atoms with Crippen molar-refractivity contribution in [3.05, 3.63) is 23.3 Å². The molecule has 1 aromatic carbocycles. The van der Waals surface area contributed by atoms with Gasteiger partial charge in [0.1, 0.15) is 17.0 Å². The highest BCUT2D eigenvalue weighted by Gasteiger charge is 2.45. The quantitative estimate of drug-likeness (QED) is 0.807. The minimum absolute atomic E-state index is 0.0693. The van der Waals surface area contributed by atoms with Crippen LogP contribution in [0.4, 0.5) is 0 Å². The number of methoxy groups -OCH3 is 2. The van der Waals surface area contributed by atoms with Crippen LogP contribution >= 0.6 is 0 Å². The van der Waals surface area contributed by atoms with E-state index in [9.17, 15) is 15.0 Å². The van der Waals surface area contributed by atoms with Gasteiger partial charge >= 0.3 is 5.97 Å². The summed E-state index contributed by atoms with van der Waals surface area (Å²) in [5.74, 6) is 0.373. The molecule has 26 heavy (non-hydrogen) atoms. The molecule has 1 aliphatic heterocycles. The number of aliphatic hydroxyl groups is 1. The Morgan fingerprint density at radius 3 is 2.19 bits per heavy atom. The van der Waals surface area contributed by atoms with Gasteiger partial charge in [-0.15, -0.1) is 0 Å². The summed E-state index contributed by atoms with van der Waals surface area (Å²) in [6.45, 7) is 6.91. The second kappa shape index (κ2) is 7.84. The van der Waals surface area contributed by atoms with Crippen LogP contribution < -0.4 is 9.47 Å². The number of carboxylic acids is 1. The summed E-state index contributed by atoms with van der Waals surface area (Å²) in [5.41, 5.74) is 0.570. The fourth-order valence-electron chi connectivity index (χ4n) is 3.58. The molecule has 0 amide bonds. The van der Waals surface area contributed by atoms with Crippen LogP contribution in [0.25, 0.3) is 0 Å². The lowest BCUT2D eigenvalue weighted by Crippen LogP contribution is -2.59. The number of likely N-dealkylation sites (tertiary alicyclic amines) is 1. The maximum atomic E-state index is 11.9. The third-order valence-corrected chi connectivity index (χ3v) is 5.36. The van der Waals surface area contributed by atoms with Crippen LogP contribution in [-0.4, -0.2) is 54.0 Å². The number of benzene rings is 1. The van der Waals surface area contributed by atoms with Crippen LogP contribution in [0.1, 0.15) is 51.2 Å². The number of piperidine rings is 1. The summed E-state index contributed by atoms with van der Waals surface area (Å²) in [6.07, 6.45) is 2.13. The monoisotopic (exact) mass is 365 g/mol. The van der Waals surface area contributed by atoms with Gasteiger partial charge in [-0.3, -0.25) is 9.69 Å². The molecule has 0 aromatic heterocycles. The van der Waals surface area contributed by atoms with Crippen molar-refractivity contribution < 1.29 is 24.5 Å². The van der Waals surface area contributed by atoms with E-state index in [-0.39, 0.29) is 5.41 Å². The summed E-state index contributed by atoms with van der Waals surface area (Å²) in [5, 5.41) is 19.7. The molecule has 1 aromatic rings. The maximum Gasteiger partial charge on any atom is 0.326 e. The highest BCUT2D eigenvalue weighted by molar-refractivity contribution is 5.79. The Bertz CT molecular complexity index is 627. The Morgan fingerprint density at radius 1 is 1.19 bits per heavy atom. The van der Waals surface area contributed by atoms with E-state index < -0.39 is 18.1 Å². The first-order valence-corrected chi connectivity index (χ1v) is 9.04. The van der Waals surface area contributed by atoms with Gasteiger partial charge in [-0.1, -0.05) is 20.8 Å². The van der Waals surface area contributed by atoms with Crippen LogP contribution in [0.15, 0.2) is 12.1 Å². The number of ether oxygens (including phenoxy) is 2. The van der Waals surface area contributed by atoms with Crippen molar-refractivity contribution >= 4 is 5.97 Å². The van der Waals surface area contributed by atoms with Crippen LogP contribution in [-0.2, 0) is 16.8 Å². The van der Waals surface area contributed by atoms with Gasteiger partial charge in [-0.2, -0.15) is 0 Å². The zero-order valence-electron chi connectivity index (χ0n) is 16.5. The molecule has 1 unspecified atom stereocenters. The molecular weight excluding hydrogens is 334 g/mol. The Hall–Kier alpha value is -1.79. The Balaban J connectivity index is 2.48. The van der Waals surface area contributed by atoms with Gasteiger partial charge in [-0.05, 0) is 48.9 Å². The highest BCUT2D eigenvalue weighted by atomic mass is 16.5.